The molecule has 0 bridgehead atoms. The van der Waals surface area contributed by atoms with Gasteiger partial charge in [-0.3, -0.25) is 8.97 Å². The minimum absolute atomic E-state index is 0.887. The SMILES string of the molecule is c1ccc(-n2c3ccccc3c3cc(-n4c5ccccc5n5c6ccccc6nc45)cc(-n4c5ccccc5c5cc(-n6c7ccccc7c7ccccc76)ccc54)c32)cc1. The van der Waals surface area contributed by atoms with Crippen molar-refractivity contribution in [1.82, 2.24) is 27.7 Å². The zero-order valence-corrected chi connectivity index (χ0v) is 32.8. The molecule has 0 N–H and O–H groups in total. The van der Waals surface area contributed by atoms with Gasteiger partial charge < -0.3 is 13.7 Å². The fourth-order valence-electron chi connectivity index (χ4n) is 10.4. The monoisotopic (exact) mass is 778 g/mol. The Balaban J connectivity index is 1.14. The molecule has 0 spiro atoms. The van der Waals surface area contributed by atoms with Gasteiger partial charge in [-0.15, -0.1) is 0 Å². The first-order valence-corrected chi connectivity index (χ1v) is 20.8. The minimum Gasteiger partial charge on any atom is -0.309 e. The van der Waals surface area contributed by atoms with Crippen molar-refractivity contribution in [3.05, 3.63) is 206 Å². The molecule has 9 aromatic carbocycles. The van der Waals surface area contributed by atoms with E-state index in [2.05, 4.69) is 229 Å². The molecule has 5 aromatic heterocycles. The average Bonchev–Trinajstić information content (AvgIpc) is 4.11. The van der Waals surface area contributed by atoms with Gasteiger partial charge in [0, 0.05) is 43.7 Å². The largest absolute Gasteiger partial charge is 0.309 e. The summed E-state index contributed by atoms with van der Waals surface area (Å²) in [6.45, 7) is 0. The maximum absolute atomic E-state index is 5.31. The highest BCUT2D eigenvalue weighted by Crippen LogP contribution is 2.43. The zero-order valence-electron chi connectivity index (χ0n) is 32.8. The molecule has 0 atom stereocenters. The molecule has 61 heavy (non-hydrogen) atoms. The molecule has 14 aromatic rings. The number of rotatable bonds is 4. The summed E-state index contributed by atoms with van der Waals surface area (Å²) < 4.78 is 12.0. The van der Waals surface area contributed by atoms with Crippen molar-refractivity contribution in [2.75, 3.05) is 0 Å². The second-order valence-electron chi connectivity index (χ2n) is 16.0. The van der Waals surface area contributed by atoms with E-state index < -0.39 is 0 Å². The summed E-state index contributed by atoms with van der Waals surface area (Å²) in [5.41, 5.74) is 15.7. The number of benzene rings is 9. The number of para-hydroxylation sites is 9. The number of nitrogens with zero attached hydrogens (tertiary/aromatic N) is 6. The van der Waals surface area contributed by atoms with Crippen LogP contribution in [0.1, 0.15) is 0 Å². The van der Waals surface area contributed by atoms with E-state index in [0.717, 1.165) is 72.7 Å². The molecule has 0 amide bonds. The van der Waals surface area contributed by atoms with Crippen LogP contribution >= 0.6 is 0 Å². The Morgan fingerprint density at radius 2 is 0.770 bits per heavy atom. The predicted molar refractivity (Wildman–Crippen MR) is 253 cm³/mol. The minimum atomic E-state index is 0.887. The van der Waals surface area contributed by atoms with Crippen molar-refractivity contribution in [3.63, 3.8) is 0 Å². The van der Waals surface area contributed by atoms with Gasteiger partial charge in [0.2, 0.25) is 5.78 Å². The smallest absolute Gasteiger partial charge is 0.220 e. The highest BCUT2D eigenvalue weighted by molar-refractivity contribution is 6.16. The van der Waals surface area contributed by atoms with Gasteiger partial charge in [0.15, 0.2) is 0 Å². The molecule has 14 rings (SSSR count). The summed E-state index contributed by atoms with van der Waals surface area (Å²) in [5.74, 6) is 0.887. The summed E-state index contributed by atoms with van der Waals surface area (Å²) in [6.07, 6.45) is 0. The maximum Gasteiger partial charge on any atom is 0.220 e. The topological polar surface area (TPSA) is 37.0 Å². The maximum atomic E-state index is 5.31. The summed E-state index contributed by atoms with van der Waals surface area (Å²) in [6, 6.07) is 74.8. The molecule has 6 nitrogen and oxygen atoms in total. The van der Waals surface area contributed by atoms with Crippen molar-refractivity contribution >= 4 is 93.3 Å². The lowest BCUT2D eigenvalue weighted by Crippen LogP contribution is -2.03. The Labute approximate surface area is 348 Å². The second-order valence-corrected chi connectivity index (χ2v) is 16.0. The molecule has 0 aliphatic carbocycles. The number of hydrogen-bond acceptors (Lipinski definition) is 1. The number of imidazole rings is 2. The molecule has 0 aliphatic rings. The van der Waals surface area contributed by atoms with Crippen molar-refractivity contribution in [3.8, 4) is 22.7 Å². The average molecular weight is 779 g/mol. The van der Waals surface area contributed by atoms with Crippen LogP contribution in [-0.4, -0.2) is 27.7 Å². The van der Waals surface area contributed by atoms with E-state index in [9.17, 15) is 0 Å². The van der Waals surface area contributed by atoms with Crippen LogP contribution in [0.4, 0.5) is 0 Å². The van der Waals surface area contributed by atoms with E-state index in [-0.39, 0.29) is 0 Å². The van der Waals surface area contributed by atoms with Crippen molar-refractivity contribution < 1.29 is 0 Å². The lowest BCUT2D eigenvalue weighted by Gasteiger charge is -2.17. The van der Waals surface area contributed by atoms with Crippen molar-refractivity contribution in [2.24, 2.45) is 0 Å². The predicted octanol–water partition coefficient (Wildman–Crippen LogP) is 13.7. The molecule has 6 heteroatoms. The highest BCUT2D eigenvalue weighted by Gasteiger charge is 2.24. The first-order valence-electron chi connectivity index (χ1n) is 20.8. The van der Waals surface area contributed by atoms with Crippen LogP contribution in [0.25, 0.3) is 116 Å². The Hall–Kier alpha value is -8.35. The molecule has 5 heterocycles. The fourth-order valence-corrected chi connectivity index (χ4v) is 10.4. The van der Waals surface area contributed by atoms with Crippen LogP contribution in [-0.2, 0) is 0 Å². The first kappa shape index (κ1) is 32.6. The van der Waals surface area contributed by atoms with Crippen LogP contribution in [0.5, 0.6) is 0 Å². The third-order valence-electron chi connectivity index (χ3n) is 12.8. The summed E-state index contributed by atoms with van der Waals surface area (Å²) in [7, 11) is 0. The highest BCUT2D eigenvalue weighted by atomic mass is 15.2. The van der Waals surface area contributed by atoms with E-state index >= 15 is 0 Å². The molecular weight excluding hydrogens is 745 g/mol. The van der Waals surface area contributed by atoms with Crippen molar-refractivity contribution in [2.45, 2.75) is 0 Å². The zero-order chi connectivity index (χ0) is 39.8. The van der Waals surface area contributed by atoms with Gasteiger partial charge in [-0.05, 0) is 91.0 Å². The quantitative estimate of drug-likeness (QED) is 0.175. The molecule has 284 valence electrons. The van der Waals surface area contributed by atoms with Gasteiger partial charge in [-0.25, -0.2) is 4.98 Å². The number of fused-ring (bicyclic) bond motifs is 14. The van der Waals surface area contributed by atoms with Gasteiger partial charge in [0.1, 0.15) is 0 Å². The summed E-state index contributed by atoms with van der Waals surface area (Å²) in [4.78, 5) is 5.31. The number of hydrogen-bond donors (Lipinski definition) is 0. The van der Waals surface area contributed by atoms with E-state index in [0.29, 0.717) is 0 Å². The molecule has 0 aliphatic heterocycles. The van der Waals surface area contributed by atoms with Gasteiger partial charge in [-0.1, -0.05) is 115 Å². The van der Waals surface area contributed by atoms with Crippen molar-refractivity contribution in [1.29, 1.82) is 0 Å². The Morgan fingerprint density at radius 1 is 0.279 bits per heavy atom. The molecule has 0 saturated carbocycles. The van der Waals surface area contributed by atoms with Crippen LogP contribution < -0.4 is 0 Å². The first-order chi connectivity index (χ1) is 30.3. The summed E-state index contributed by atoms with van der Waals surface area (Å²) in [5, 5.41) is 7.28. The van der Waals surface area contributed by atoms with Gasteiger partial charge >= 0.3 is 0 Å². The fraction of sp³-hybridized carbons (Fsp3) is 0. The lowest BCUT2D eigenvalue weighted by molar-refractivity contribution is 1.09. The Bertz CT molecular complexity index is 4060. The van der Waals surface area contributed by atoms with Crippen LogP contribution in [0.15, 0.2) is 206 Å². The normalized spacial score (nSPS) is 12.3. The van der Waals surface area contributed by atoms with Crippen LogP contribution in [0.3, 0.4) is 0 Å². The molecule has 0 fully saturated rings. The summed E-state index contributed by atoms with van der Waals surface area (Å²) >= 11 is 0. The van der Waals surface area contributed by atoms with Gasteiger partial charge in [0.25, 0.3) is 0 Å². The second kappa shape index (κ2) is 12.1. The standard InChI is InChI=1S/C55H34N6/c1-2-16-35(17-3-1)58-47-25-11-7-21-41(47)43-33-37(59-51-28-14-15-29-52(51)61-50-27-13-8-22-44(50)56-55(59)61)34-53(54(43)58)60-48-26-12-6-20-40(48)42-32-36(30-31-49(42)60)57-45-23-9-4-18-38(45)39-19-5-10-24-46(39)57/h1-34H. The molecule has 0 saturated heterocycles. The third kappa shape index (κ3) is 4.37. The van der Waals surface area contributed by atoms with Gasteiger partial charge in [-0.2, -0.15) is 0 Å². The van der Waals surface area contributed by atoms with E-state index in [1.165, 1.54) is 43.4 Å². The Morgan fingerprint density at radius 3 is 1.46 bits per heavy atom. The molecule has 0 unspecified atom stereocenters. The van der Waals surface area contributed by atoms with E-state index in [1.807, 2.05) is 0 Å². The lowest BCUT2D eigenvalue weighted by atomic mass is 10.1. The third-order valence-corrected chi connectivity index (χ3v) is 12.8. The van der Waals surface area contributed by atoms with E-state index in [1.54, 1.807) is 0 Å². The van der Waals surface area contributed by atoms with Crippen LogP contribution in [0.2, 0.25) is 0 Å². The van der Waals surface area contributed by atoms with E-state index in [4.69, 9.17) is 4.98 Å². The molecule has 0 radical (unpaired) electrons. The van der Waals surface area contributed by atoms with Crippen LogP contribution in [0, 0.1) is 0 Å². The number of aromatic nitrogens is 6. The Kier molecular flexibility index (Phi) is 6.46. The van der Waals surface area contributed by atoms with Gasteiger partial charge in [0.05, 0.1) is 66.5 Å². The molecular formula is C55H34N6.